The molecule has 21 heavy (non-hydrogen) atoms. The van der Waals surface area contributed by atoms with Crippen LogP contribution < -0.4 is 5.32 Å². The molecule has 1 amide bonds. The number of aromatic nitrogens is 3. The minimum absolute atomic E-state index is 0.0121. The van der Waals surface area contributed by atoms with Gasteiger partial charge in [0.05, 0.1) is 10.7 Å². The Hall–Kier alpha value is -1.92. The van der Waals surface area contributed by atoms with Crippen molar-refractivity contribution in [2.24, 2.45) is 5.92 Å². The van der Waals surface area contributed by atoms with Crippen molar-refractivity contribution in [1.82, 2.24) is 14.8 Å². The number of rotatable bonds is 3. The van der Waals surface area contributed by atoms with Crippen molar-refractivity contribution >= 4 is 23.2 Å². The Labute approximate surface area is 127 Å². The van der Waals surface area contributed by atoms with E-state index < -0.39 is 0 Å². The first-order valence-electron chi connectivity index (χ1n) is 6.78. The van der Waals surface area contributed by atoms with Gasteiger partial charge in [-0.2, -0.15) is 5.10 Å². The number of halogens is 1. The Morgan fingerprint density at radius 1 is 1.38 bits per heavy atom. The molecule has 1 aliphatic heterocycles. The zero-order chi connectivity index (χ0) is 14.7. The molecule has 1 aliphatic rings. The lowest BCUT2D eigenvalue weighted by atomic mass is 9.99. The minimum Gasteiger partial charge on any atom is -0.381 e. The zero-order valence-corrected chi connectivity index (χ0v) is 12.1. The van der Waals surface area contributed by atoms with Gasteiger partial charge in [0.1, 0.15) is 18.3 Å². The monoisotopic (exact) mass is 306 g/mol. The molecular formula is C14H15ClN4O2. The summed E-state index contributed by atoms with van der Waals surface area (Å²) in [5, 5.41) is 7.52. The number of amides is 1. The van der Waals surface area contributed by atoms with Gasteiger partial charge in [-0.15, -0.1) is 0 Å². The number of carbonyl (C=O) groups excluding carboxylic acids is 1. The lowest BCUT2D eigenvalue weighted by Gasteiger charge is -2.22. The van der Waals surface area contributed by atoms with Gasteiger partial charge in [0.15, 0.2) is 0 Å². The van der Waals surface area contributed by atoms with Crippen LogP contribution in [0.2, 0.25) is 5.02 Å². The molecule has 2 aromatic rings. The largest absolute Gasteiger partial charge is 0.381 e. The molecule has 1 aromatic heterocycles. The highest BCUT2D eigenvalue weighted by molar-refractivity contribution is 6.33. The van der Waals surface area contributed by atoms with Crippen LogP contribution in [-0.4, -0.2) is 33.9 Å². The van der Waals surface area contributed by atoms with Gasteiger partial charge in [-0.25, -0.2) is 9.67 Å². The molecule has 0 atom stereocenters. The minimum atomic E-state index is -0.0265. The smallest absolute Gasteiger partial charge is 0.227 e. The fraction of sp³-hybridized carbons (Fsp3) is 0.357. The topological polar surface area (TPSA) is 69.0 Å². The Morgan fingerprint density at radius 3 is 2.90 bits per heavy atom. The van der Waals surface area contributed by atoms with E-state index in [1.807, 2.05) is 0 Å². The van der Waals surface area contributed by atoms with Crippen molar-refractivity contribution in [3.63, 3.8) is 0 Å². The third-order valence-corrected chi connectivity index (χ3v) is 3.79. The van der Waals surface area contributed by atoms with E-state index in [0.29, 0.717) is 29.6 Å². The molecule has 1 aromatic carbocycles. The number of carbonyl (C=O) groups is 1. The van der Waals surface area contributed by atoms with Crippen molar-refractivity contribution in [3.05, 3.63) is 35.9 Å². The van der Waals surface area contributed by atoms with Gasteiger partial charge in [-0.1, -0.05) is 17.7 Å². The van der Waals surface area contributed by atoms with Crippen molar-refractivity contribution in [2.45, 2.75) is 12.8 Å². The summed E-state index contributed by atoms with van der Waals surface area (Å²) in [7, 11) is 0. The standard InChI is InChI=1S/C14H15ClN4O2/c15-11-2-1-3-12(13(11)19-9-16-8-17-19)18-14(20)10-4-6-21-7-5-10/h1-3,8-10H,4-7H2,(H,18,20). The summed E-state index contributed by atoms with van der Waals surface area (Å²) in [6.07, 6.45) is 4.45. The molecule has 0 saturated carbocycles. The van der Waals surface area contributed by atoms with Crippen LogP contribution >= 0.6 is 11.6 Å². The third-order valence-electron chi connectivity index (χ3n) is 3.48. The molecule has 6 nitrogen and oxygen atoms in total. The predicted molar refractivity (Wildman–Crippen MR) is 78.5 cm³/mol. The van der Waals surface area contributed by atoms with Crippen LogP contribution in [0.1, 0.15) is 12.8 Å². The van der Waals surface area contributed by atoms with Crippen LogP contribution in [0.3, 0.4) is 0 Å². The van der Waals surface area contributed by atoms with Gasteiger partial charge in [0, 0.05) is 19.1 Å². The molecule has 0 spiro atoms. The van der Waals surface area contributed by atoms with Gasteiger partial charge >= 0.3 is 0 Å². The molecule has 2 heterocycles. The summed E-state index contributed by atoms with van der Waals surface area (Å²) in [6, 6.07) is 5.35. The molecule has 0 radical (unpaired) electrons. The van der Waals surface area contributed by atoms with Crippen LogP contribution in [0.15, 0.2) is 30.9 Å². The van der Waals surface area contributed by atoms with E-state index in [1.54, 1.807) is 29.2 Å². The molecule has 3 rings (SSSR count). The average Bonchev–Trinajstić information content (AvgIpc) is 3.02. The number of nitrogens with one attached hydrogen (secondary N) is 1. The second-order valence-corrected chi connectivity index (χ2v) is 5.26. The molecule has 1 N–H and O–H groups in total. The maximum absolute atomic E-state index is 12.3. The highest BCUT2D eigenvalue weighted by atomic mass is 35.5. The third kappa shape index (κ3) is 3.06. The molecule has 0 unspecified atom stereocenters. The predicted octanol–water partition coefficient (Wildman–Crippen LogP) is 2.29. The summed E-state index contributed by atoms with van der Waals surface area (Å²) in [4.78, 5) is 16.3. The van der Waals surface area contributed by atoms with Crippen LogP contribution in [0.25, 0.3) is 5.69 Å². The fourth-order valence-corrected chi connectivity index (χ4v) is 2.63. The molecular weight excluding hydrogens is 292 g/mol. The van der Waals surface area contributed by atoms with Gasteiger partial charge in [0.2, 0.25) is 5.91 Å². The number of hydrogen-bond donors (Lipinski definition) is 1. The summed E-state index contributed by atoms with van der Waals surface area (Å²) in [5.74, 6) is -0.0386. The van der Waals surface area contributed by atoms with Crippen molar-refractivity contribution < 1.29 is 9.53 Å². The van der Waals surface area contributed by atoms with Crippen LogP contribution in [0, 0.1) is 5.92 Å². The van der Waals surface area contributed by atoms with E-state index in [0.717, 1.165) is 12.8 Å². The second kappa shape index (κ2) is 6.24. The van der Waals surface area contributed by atoms with Gasteiger partial charge < -0.3 is 10.1 Å². The van der Waals surface area contributed by atoms with Crippen LogP contribution in [0.4, 0.5) is 5.69 Å². The van der Waals surface area contributed by atoms with Crippen molar-refractivity contribution in [3.8, 4) is 5.69 Å². The Morgan fingerprint density at radius 2 is 2.19 bits per heavy atom. The molecule has 0 aliphatic carbocycles. The normalized spacial score (nSPS) is 15.9. The van der Waals surface area contributed by atoms with E-state index in [9.17, 15) is 4.79 Å². The number of nitrogens with zero attached hydrogens (tertiary/aromatic N) is 3. The molecule has 1 saturated heterocycles. The fourth-order valence-electron chi connectivity index (χ4n) is 2.37. The molecule has 0 bridgehead atoms. The SMILES string of the molecule is O=C(Nc1cccc(Cl)c1-n1cncn1)C1CCOCC1. The number of hydrogen-bond acceptors (Lipinski definition) is 4. The Bertz CT molecular complexity index is 624. The lowest BCUT2D eigenvalue weighted by molar-refractivity contribution is -0.122. The van der Waals surface area contributed by atoms with Gasteiger partial charge in [-0.05, 0) is 25.0 Å². The van der Waals surface area contributed by atoms with Gasteiger partial charge in [-0.3, -0.25) is 4.79 Å². The van der Waals surface area contributed by atoms with E-state index in [2.05, 4.69) is 15.4 Å². The number of anilines is 1. The zero-order valence-electron chi connectivity index (χ0n) is 11.3. The van der Waals surface area contributed by atoms with Crippen molar-refractivity contribution in [1.29, 1.82) is 0 Å². The first-order valence-corrected chi connectivity index (χ1v) is 7.15. The summed E-state index contributed by atoms with van der Waals surface area (Å²) < 4.78 is 6.82. The lowest BCUT2D eigenvalue weighted by Crippen LogP contribution is -2.29. The maximum atomic E-state index is 12.3. The highest BCUT2D eigenvalue weighted by Gasteiger charge is 2.23. The highest BCUT2D eigenvalue weighted by Crippen LogP contribution is 2.28. The summed E-state index contributed by atoms with van der Waals surface area (Å²) in [5.41, 5.74) is 1.25. The molecule has 7 heteroatoms. The summed E-state index contributed by atoms with van der Waals surface area (Å²) in [6.45, 7) is 1.26. The van der Waals surface area contributed by atoms with Crippen LogP contribution in [-0.2, 0) is 9.53 Å². The molecule has 110 valence electrons. The number of ether oxygens (including phenoxy) is 1. The van der Waals surface area contributed by atoms with E-state index in [-0.39, 0.29) is 11.8 Å². The number of para-hydroxylation sites is 1. The Balaban J connectivity index is 1.85. The maximum Gasteiger partial charge on any atom is 0.227 e. The Kier molecular flexibility index (Phi) is 4.17. The average molecular weight is 307 g/mol. The molecule has 1 fully saturated rings. The van der Waals surface area contributed by atoms with Crippen molar-refractivity contribution in [2.75, 3.05) is 18.5 Å². The van der Waals surface area contributed by atoms with Gasteiger partial charge in [0.25, 0.3) is 0 Å². The quantitative estimate of drug-likeness (QED) is 0.944. The first-order chi connectivity index (χ1) is 10.3. The number of benzene rings is 1. The second-order valence-electron chi connectivity index (χ2n) is 4.85. The summed E-state index contributed by atoms with van der Waals surface area (Å²) >= 11 is 6.23. The first kappa shape index (κ1) is 14.0. The van der Waals surface area contributed by atoms with E-state index in [1.165, 1.54) is 6.33 Å². The van der Waals surface area contributed by atoms with E-state index in [4.69, 9.17) is 16.3 Å². The van der Waals surface area contributed by atoms with Crippen LogP contribution in [0.5, 0.6) is 0 Å². The van der Waals surface area contributed by atoms with E-state index >= 15 is 0 Å².